The second kappa shape index (κ2) is 10.2. The molecular weight excluding hydrogens is 464 g/mol. The lowest BCUT2D eigenvalue weighted by molar-refractivity contribution is 0.260. The van der Waals surface area contributed by atoms with E-state index in [2.05, 4.69) is 32.8 Å². The van der Waals surface area contributed by atoms with Crippen molar-refractivity contribution in [1.29, 1.82) is 0 Å². The molecule has 1 saturated heterocycles. The summed E-state index contributed by atoms with van der Waals surface area (Å²) in [6.07, 6.45) is 4.44. The van der Waals surface area contributed by atoms with E-state index < -0.39 is 0 Å². The number of aromatic nitrogens is 4. The number of piperazine rings is 1. The SMILES string of the molecule is COc1cc2c(CCN3CCN(c4cccc(Cl)c4C)CC3)nn(Cc3ncc[nH]3)c2cc1OC. The summed E-state index contributed by atoms with van der Waals surface area (Å²) in [5.74, 6) is 2.27. The van der Waals surface area contributed by atoms with Crippen molar-refractivity contribution in [2.45, 2.75) is 19.9 Å². The van der Waals surface area contributed by atoms with Crippen LogP contribution >= 0.6 is 11.6 Å². The molecule has 1 N–H and O–H groups in total. The fraction of sp³-hybridized carbons (Fsp3) is 0.385. The summed E-state index contributed by atoms with van der Waals surface area (Å²) in [6, 6.07) is 10.2. The third-order valence-corrected chi connectivity index (χ3v) is 7.21. The number of anilines is 1. The maximum atomic E-state index is 6.35. The van der Waals surface area contributed by atoms with E-state index in [0.29, 0.717) is 18.0 Å². The second-order valence-electron chi connectivity index (χ2n) is 8.83. The summed E-state index contributed by atoms with van der Waals surface area (Å²) in [5, 5.41) is 6.89. The number of halogens is 1. The van der Waals surface area contributed by atoms with Crippen molar-refractivity contribution < 1.29 is 9.47 Å². The number of rotatable bonds is 8. The summed E-state index contributed by atoms with van der Waals surface area (Å²) in [7, 11) is 3.32. The summed E-state index contributed by atoms with van der Waals surface area (Å²) >= 11 is 6.35. The minimum Gasteiger partial charge on any atom is -0.493 e. The summed E-state index contributed by atoms with van der Waals surface area (Å²) in [4.78, 5) is 12.5. The van der Waals surface area contributed by atoms with E-state index in [0.717, 1.165) is 72.2 Å². The molecule has 0 amide bonds. The molecule has 35 heavy (non-hydrogen) atoms. The predicted molar refractivity (Wildman–Crippen MR) is 139 cm³/mol. The first kappa shape index (κ1) is 23.5. The molecule has 5 rings (SSSR count). The minimum atomic E-state index is 0.566. The molecule has 0 aliphatic carbocycles. The molecule has 8 nitrogen and oxygen atoms in total. The Kier molecular flexibility index (Phi) is 6.83. The van der Waals surface area contributed by atoms with Crippen molar-refractivity contribution in [3.8, 4) is 11.5 Å². The number of aromatic amines is 1. The van der Waals surface area contributed by atoms with Gasteiger partial charge in [0, 0.05) is 73.7 Å². The van der Waals surface area contributed by atoms with Gasteiger partial charge in [-0.25, -0.2) is 4.98 Å². The minimum absolute atomic E-state index is 0.566. The molecule has 2 aromatic carbocycles. The van der Waals surface area contributed by atoms with Crippen LogP contribution in [0.4, 0.5) is 5.69 Å². The van der Waals surface area contributed by atoms with Crippen LogP contribution in [-0.2, 0) is 13.0 Å². The van der Waals surface area contributed by atoms with E-state index in [1.165, 1.54) is 5.69 Å². The van der Waals surface area contributed by atoms with E-state index in [9.17, 15) is 0 Å². The summed E-state index contributed by atoms with van der Waals surface area (Å²) in [6.45, 7) is 7.60. The third-order valence-electron chi connectivity index (χ3n) is 6.80. The van der Waals surface area contributed by atoms with E-state index in [4.69, 9.17) is 26.2 Å². The van der Waals surface area contributed by atoms with Crippen LogP contribution in [0, 0.1) is 6.92 Å². The Hall–Kier alpha value is -3.23. The number of methoxy groups -OCH3 is 2. The van der Waals surface area contributed by atoms with Crippen LogP contribution in [0.15, 0.2) is 42.7 Å². The molecule has 2 aromatic heterocycles. The fourth-order valence-corrected chi connectivity index (χ4v) is 4.98. The Balaban J connectivity index is 1.32. The molecule has 1 aliphatic heterocycles. The first-order valence-corrected chi connectivity index (χ1v) is 12.3. The van der Waals surface area contributed by atoms with Gasteiger partial charge in [-0.1, -0.05) is 17.7 Å². The lowest BCUT2D eigenvalue weighted by Crippen LogP contribution is -2.47. The van der Waals surface area contributed by atoms with Crippen molar-refractivity contribution in [3.63, 3.8) is 0 Å². The van der Waals surface area contributed by atoms with Crippen LogP contribution in [0.1, 0.15) is 17.1 Å². The van der Waals surface area contributed by atoms with Crippen molar-refractivity contribution in [2.24, 2.45) is 0 Å². The molecule has 0 radical (unpaired) electrons. The van der Waals surface area contributed by atoms with Gasteiger partial charge in [0.15, 0.2) is 11.5 Å². The molecule has 1 aliphatic rings. The zero-order valence-electron chi connectivity index (χ0n) is 20.4. The maximum Gasteiger partial charge on any atom is 0.162 e. The third kappa shape index (κ3) is 4.81. The molecule has 3 heterocycles. The lowest BCUT2D eigenvalue weighted by Gasteiger charge is -2.36. The van der Waals surface area contributed by atoms with E-state index in [1.807, 2.05) is 35.1 Å². The highest BCUT2D eigenvalue weighted by atomic mass is 35.5. The fourth-order valence-electron chi connectivity index (χ4n) is 4.81. The highest BCUT2D eigenvalue weighted by molar-refractivity contribution is 6.31. The summed E-state index contributed by atoms with van der Waals surface area (Å²) in [5.41, 5.74) is 4.46. The Bertz CT molecular complexity index is 1300. The van der Waals surface area contributed by atoms with Crippen LogP contribution < -0.4 is 14.4 Å². The molecule has 0 spiro atoms. The van der Waals surface area contributed by atoms with Gasteiger partial charge >= 0.3 is 0 Å². The largest absolute Gasteiger partial charge is 0.493 e. The van der Waals surface area contributed by atoms with Crippen molar-refractivity contribution >= 4 is 28.2 Å². The number of hydrogen-bond donors (Lipinski definition) is 1. The van der Waals surface area contributed by atoms with Gasteiger partial charge in [-0.3, -0.25) is 9.58 Å². The van der Waals surface area contributed by atoms with Crippen molar-refractivity contribution in [3.05, 3.63) is 64.8 Å². The van der Waals surface area contributed by atoms with Crippen LogP contribution in [-0.4, -0.2) is 71.6 Å². The monoisotopic (exact) mass is 494 g/mol. The molecule has 0 saturated carbocycles. The van der Waals surface area contributed by atoms with E-state index >= 15 is 0 Å². The van der Waals surface area contributed by atoms with E-state index in [-0.39, 0.29) is 0 Å². The van der Waals surface area contributed by atoms with Gasteiger partial charge in [0.1, 0.15) is 5.82 Å². The normalized spacial score (nSPS) is 14.6. The van der Waals surface area contributed by atoms with Crippen molar-refractivity contribution in [1.82, 2.24) is 24.6 Å². The van der Waals surface area contributed by atoms with E-state index in [1.54, 1.807) is 20.4 Å². The smallest absolute Gasteiger partial charge is 0.162 e. The highest BCUT2D eigenvalue weighted by Gasteiger charge is 2.21. The first-order chi connectivity index (χ1) is 17.1. The van der Waals surface area contributed by atoms with Gasteiger partial charge in [0.2, 0.25) is 0 Å². The number of imidazole rings is 1. The Morgan fingerprint density at radius 3 is 2.54 bits per heavy atom. The average molecular weight is 495 g/mol. The molecule has 0 atom stereocenters. The number of nitrogens with zero attached hydrogens (tertiary/aromatic N) is 5. The topological polar surface area (TPSA) is 71.4 Å². The van der Waals surface area contributed by atoms with Crippen LogP contribution in [0.5, 0.6) is 11.5 Å². The number of H-pyrrole nitrogens is 1. The standard InChI is InChI=1S/C26H31ClN6O2/c1-18-20(27)5-4-6-22(18)32-13-11-31(12-14-32)10-7-21-19-15-24(34-2)25(35-3)16-23(19)33(30-21)17-26-28-8-9-29-26/h4-6,8-9,15-16H,7,10-14,17H2,1-3H3,(H,28,29). The van der Waals surface area contributed by atoms with Crippen LogP contribution in [0.3, 0.4) is 0 Å². The summed E-state index contributed by atoms with van der Waals surface area (Å²) < 4.78 is 13.1. The zero-order valence-corrected chi connectivity index (χ0v) is 21.2. The number of benzene rings is 2. The highest BCUT2D eigenvalue weighted by Crippen LogP contribution is 2.34. The Labute approximate surface area is 210 Å². The quantitative estimate of drug-likeness (QED) is 0.397. The maximum absolute atomic E-state index is 6.35. The lowest BCUT2D eigenvalue weighted by atomic mass is 10.1. The number of nitrogens with one attached hydrogen (secondary N) is 1. The van der Waals surface area contributed by atoms with Crippen LogP contribution in [0.25, 0.3) is 10.9 Å². The first-order valence-electron chi connectivity index (χ1n) is 11.9. The number of ether oxygens (including phenoxy) is 2. The van der Waals surface area contributed by atoms with Gasteiger partial charge < -0.3 is 19.4 Å². The van der Waals surface area contributed by atoms with Gasteiger partial charge in [-0.15, -0.1) is 0 Å². The number of fused-ring (bicyclic) bond motifs is 1. The van der Waals surface area contributed by atoms with Crippen molar-refractivity contribution in [2.75, 3.05) is 51.8 Å². The zero-order chi connectivity index (χ0) is 24.4. The van der Waals surface area contributed by atoms with Gasteiger partial charge in [0.25, 0.3) is 0 Å². The second-order valence-corrected chi connectivity index (χ2v) is 9.23. The average Bonchev–Trinajstić information content (AvgIpc) is 3.52. The molecular formula is C26H31ClN6O2. The Morgan fingerprint density at radius 1 is 1.06 bits per heavy atom. The molecule has 184 valence electrons. The van der Waals surface area contributed by atoms with Gasteiger partial charge in [0.05, 0.1) is 32.0 Å². The molecule has 4 aromatic rings. The molecule has 0 unspecified atom stereocenters. The predicted octanol–water partition coefficient (Wildman–Crippen LogP) is 4.15. The number of hydrogen-bond acceptors (Lipinski definition) is 6. The molecule has 0 bridgehead atoms. The van der Waals surface area contributed by atoms with Gasteiger partial charge in [-0.05, 0) is 30.7 Å². The Morgan fingerprint density at radius 2 is 1.83 bits per heavy atom. The molecule has 1 fully saturated rings. The molecule has 9 heteroatoms. The van der Waals surface area contributed by atoms with Crippen LogP contribution in [0.2, 0.25) is 5.02 Å². The van der Waals surface area contributed by atoms with Gasteiger partial charge in [-0.2, -0.15) is 5.10 Å².